The second kappa shape index (κ2) is 11.0. The third kappa shape index (κ3) is 6.36. The molecule has 32 heavy (non-hydrogen) atoms. The Labute approximate surface area is 189 Å². The molecular weight excluding hydrogens is 428 g/mol. The maximum atomic E-state index is 13.0. The molecule has 2 aromatic carbocycles. The number of rotatable bonds is 9. The number of ketones is 1. The predicted octanol–water partition coefficient (Wildman–Crippen LogP) is 3.07. The van der Waals surface area contributed by atoms with Crippen LogP contribution in [0.4, 0.5) is 0 Å². The van der Waals surface area contributed by atoms with Gasteiger partial charge in [-0.05, 0) is 18.4 Å². The molecule has 1 atom stereocenters. The van der Waals surface area contributed by atoms with Crippen LogP contribution in [0, 0.1) is 6.92 Å². The number of hydrogen-bond acceptors (Lipinski definition) is 6. The van der Waals surface area contributed by atoms with Crippen molar-refractivity contribution in [1.82, 2.24) is 10.6 Å². The number of hydrogen-bond donors (Lipinski definition) is 2. The first-order valence-electron chi connectivity index (χ1n) is 9.88. The highest BCUT2D eigenvalue weighted by molar-refractivity contribution is 7.12. The Morgan fingerprint density at radius 2 is 1.59 bits per heavy atom. The van der Waals surface area contributed by atoms with Crippen LogP contribution in [0.25, 0.3) is 0 Å². The Morgan fingerprint density at radius 3 is 2.25 bits per heavy atom. The number of carbonyl (C=O) groups is 4. The molecule has 7 nitrogen and oxygen atoms in total. The van der Waals surface area contributed by atoms with Crippen molar-refractivity contribution in [2.45, 2.75) is 13.0 Å². The number of amides is 2. The number of nitrogens with one attached hydrogen (secondary N) is 2. The lowest BCUT2D eigenvalue weighted by Crippen LogP contribution is -2.39. The fourth-order valence-corrected chi connectivity index (χ4v) is 3.47. The summed E-state index contributed by atoms with van der Waals surface area (Å²) in [6, 6.07) is 19.0. The van der Waals surface area contributed by atoms with E-state index in [-0.39, 0.29) is 18.2 Å². The molecule has 0 saturated carbocycles. The van der Waals surface area contributed by atoms with Gasteiger partial charge in [-0.25, -0.2) is 0 Å². The van der Waals surface area contributed by atoms with Gasteiger partial charge in [-0.2, -0.15) is 0 Å². The van der Waals surface area contributed by atoms with E-state index >= 15 is 0 Å². The van der Waals surface area contributed by atoms with Gasteiger partial charge in [0.05, 0.1) is 11.4 Å². The van der Waals surface area contributed by atoms with Crippen LogP contribution in [0.1, 0.15) is 37.3 Å². The third-order valence-corrected chi connectivity index (χ3v) is 5.38. The molecule has 0 fully saturated rings. The lowest BCUT2D eigenvalue weighted by atomic mass is 9.99. The maximum Gasteiger partial charge on any atom is 0.326 e. The minimum atomic E-state index is -1.14. The van der Waals surface area contributed by atoms with Crippen LogP contribution >= 0.6 is 11.3 Å². The van der Waals surface area contributed by atoms with Crippen molar-refractivity contribution < 1.29 is 23.9 Å². The zero-order valence-electron chi connectivity index (χ0n) is 17.4. The summed E-state index contributed by atoms with van der Waals surface area (Å²) in [5.74, 6) is -2.05. The van der Waals surface area contributed by atoms with E-state index in [1.165, 1.54) is 11.3 Å². The average Bonchev–Trinajstić information content (AvgIpc) is 3.35. The van der Waals surface area contributed by atoms with Crippen LogP contribution in [0.3, 0.4) is 0 Å². The summed E-state index contributed by atoms with van der Waals surface area (Å²) >= 11 is 1.26. The van der Waals surface area contributed by atoms with Crippen molar-refractivity contribution in [1.29, 1.82) is 0 Å². The highest BCUT2D eigenvalue weighted by Crippen LogP contribution is 2.23. The van der Waals surface area contributed by atoms with Crippen LogP contribution < -0.4 is 10.6 Å². The maximum absolute atomic E-state index is 13.0. The van der Waals surface area contributed by atoms with Crippen LogP contribution in [0.15, 0.2) is 72.1 Å². The molecule has 8 heteroatoms. The summed E-state index contributed by atoms with van der Waals surface area (Å²) in [5.41, 5.74) is 1.95. The standard InChI is InChI=1S/C24H22N2O5S/c1-16-9-11-17(12-10-16)22(29)23(18-6-3-2-4-7-18)31-21(28)15-25-20(27)14-26-24(30)19-8-5-13-32-19/h2-13,23H,14-15H2,1H3,(H,25,27)(H,26,30). The molecule has 3 aromatic rings. The number of Topliss-reactive ketones (excluding diaryl/α,β-unsaturated/α-hetero) is 1. The predicted molar refractivity (Wildman–Crippen MR) is 120 cm³/mol. The van der Waals surface area contributed by atoms with Crippen molar-refractivity contribution in [3.8, 4) is 0 Å². The summed E-state index contributed by atoms with van der Waals surface area (Å²) in [5, 5.41) is 6.62. The lowest BCUT2D eigenvalue weighted by Gasteiger charge is -2.18. The molecule has 1 heterocycles. The Bertz CT molecular complexity index is 1080. The fourth-order valence-electron chi connectivity index (χ4n) is 2.83. The van der Waals surface area contributed by atoms with Gasteiger partial charge in [0.25, 0.3) is 5.91 Å². The van der Waals surface area contributed by atoms with Gasteiger partial charge in [-0.3, -0.25) is 19.2 Å². The highest BCUT2D eigenvalue weighted by Gasteiger charge is 2.26. The SMILES string of the molecule is Cc1ccc(C(=O)C(OC(=O)CNC(=O)CNC(=O)c2cccs2)c2ccccc2)cc1. The minimum Gasteiger partial charge on any atom is -0.448 e. The summed E-state index contributed by atoms with van der Waals surface area (Å²) in [7, 11) is 0. The molecule has 1 aromatic heterocycles. The molecule has 0 aliphatic heterocycles. The summed E-state index contributed by atoms with van der Waals surface area (Å²) < 4.78 is 5.43. The zero-order valence-corrected chi connectivity index (χ0v) is 18.2. The van der Waals surface area contributed by atoms with E-state index in [1.807, 2.05) is 19.1 Å². The number of carbonyl (C=O) groups excluding carboxylic acids is 4. The first-order chi connectivity index (χ1) is 15.4. The highest BCUT2D eigenvalue weighted by atomic mass is 32.1. The van der Waals surface area contributed by atoms with Crippen LogP contribution in [-0.4, -0.2) is 36.7 Å². The second-order valence-electron chi connectivity index (χ2n) is 6.95. The van der Waals surface area contributed by atoms with E-state index in [2.05, 4.69) is 10.6 Å². The molecule has 0 spiro atoms. The topological polar surface area (TPSA) is 102 Å². The molecule has 0 bridgehead atoms. The van der Waals surface area contributed by atoms with Crippen LogP contribution in [-0.2, 0) is 14.3 Å². The van der Waals surface area contributed by atoms with Gasteiger partial charge in [-0.15, -0.1) is 11.3 Å². The van der Waals surface area contributed by atoms with Gasteiger partial charge >= 0.3 is 5.97 Å². The van der Waals surface area contributed by atoms with E-state index in [1.54, 1.807) is 60.0 Å². The number of ether oxygens (including phenoxy) is 1. The lowest BCUT2D eigenvalue weighted by molar-refractivity contribution is -0.147. The van der Waals surface area contributed by atoms with Gasteiger partial charge in [-0.1, -0.05) is 66.2 Å². The Kier molecular flexibility index (Phi) is 7.88. The van der Waals surface area contributed by atoms with Crippen molar-refractivity contribution in [3.05, 3.63) is 93.7 Å². The molecule has 3 rings (SSSR count). The average molecular weight is 451 g/mol. The Hall–Kier alpha value is -3.78. The Morgan fingerprint density at radius 1 is 0.875 bits per heavy atom. The first kappa shape index (κ1) is 22.9. The fraction of sp³-hybridized carbons (Fsp3) is 0.167. The zero-order chi connectivity index (χ0) is 22.9. The van der Waals surface area contributed by atoms with Gasteiger partial charge < -0.3 is 15.4 Å². The normalized spacial score (nSPS) is 11.3. The smallest absolute Gasteiger partial charge is 0.326 e. The molecule has 0 aliphatic carbocycles. The van der Waals surface area contributed by atoms with E-state index in [0.717, 1.165) is 5.56 Å². The largest absolute Gasteiger partial charge is 0.448 e. The summed E-state index contributed by atoms with van der Waals surface area (Å²) in [4.78, 5) is 49.7. The van der Waals surface area contributed by atoms with Crippen molar-refractivity contribution in [2.24, 2.45) is 0 Å². The van der Waals surface area contributed by atoms with E-state index < -0.39 is 24.5 Å². The number of esters is 1. The molecule has 0 radical (unpaired) electrons. The third-order valence-electron chi connectivity index (χ3n) is 4.51. The molecule has 2 N–H and O–H groups in total. The second-order valence-corrected chi connectivity index (χ2v) is 7.90. The van der Waals surface area contributed by atoms with Crippen LogP contribution in [0.5, 0.6) is 0 Å². The number of benzene rings is 2. The molecule has 0 saturated heterocycles. The monoisotopic (exact) mass is 450 g/mol. The van der Waals surface area contributed by atoms with E-state index in [4.69, 9.17) is 4.74 Å². The summed E-state index contributed by atoms with van der Waals surface area (Å²) in [6.07, 6.45) is -1.14. The van der Waals surface area contributed by atoms with Crippen molar-refractivity contribution in [2.75, 3.05) is 13.1 Å². The van der Waals surface area contributed by atoms with Gasteiger partial charge in [0.15, 0.2) is 6.10 Å². The van der Waals surface area contributed by atoms with Crippen LogP contribution in [0.2, 0.25) is 0 Å². The van der Waals surface area contributed by atoms with E-state index in [0.29, 0.717) is 16.0 Å². The van der Waals surface area contributed by atoms with Crippen molar-refractivity contribution >= 4 is 34.9 Å². The molecule has 0 aliphatic rings. The first-order valence-corrected chi connectivity index (χ1v) is 10.8. The number of aryl methyl sites for hydroxylation is 1. The molecular formula is C24H22N2O5S. The summed E-state index contributed by atoms with van der Waals surface area (Å²) in [6.45, 7) is 1.20. The molecule has 1 unspecified atom stereocenters. The van der Waals surface area contributed by atoms with Gasteiger partial charge in [0.2, 0.25) is 11.7 Å². The molecule has 2 amide bonds. The van der Waals surface area contributed by atoms with Gasteiger partial charge in [0, 0.05) is 11.1 Å². The quantitative estimate of drug-likeness (QED) is 0.385. The number of thiophene rings is 1. The Balaban J connectivity index is 1.57. The van der Waals surface area contributed by atoms with Crippen molar-refractivity contribution in [3.63, 3.8) is 0 Å². The van der Waals surface area contributed by atoms with Gasteiger partial charge in [0.1, 0.15) is 6.54 Å². The molecule has 164 valence electrons. The van der Waals surface area contributed by atoms with E-state index in [9.17, 15) is 19.2 Å². The minimum absolute atomic E-state index is 0.283.